The Morgan fingerprint density at radius 3 is 1.66 bits per heavy atom. The number of aromatic nitrogens is 1. The van der Waals surface area contributed by atoms with Crippen molar-refractivity contribution >= 4 is 57.0 Å². The molecule has 3 heterocycles. The lowest BCUT2D eigenvalue weighted by molar-refractivity contribution is 0.590. The van der Waals surface area contributed by atoms with E-state index in [0.717, 1.165) is 62.2 Å². The number of pyridine rings is 1. The smallest absolute Gasteiger partial charge is 0.138 e. The Labute approximate surface area is 395 Å². The Morgan fingerprint density at radius 1 is 0.388 bits per heavy atom. The highest BCUT2D eigenvalue weighted by Crippen LogP contribution is 2.53. The highest BCUT2D eigenvalue weighted by molar-refractivity contribution is 6.03. The van der Waals surface area contributed by atoms with Gasteiger partial charge in [0.1, 0.15) is 12.5 Å². The average Bonchev–Trinajstić information content (AvgIpc) is 3.69. The largest absolute Gasteiger partial charge is 0.321 e. The highest BCUT2D eigenvalue weighted by Gasteiger charge is 2.32. The second-order valence-electron chi connectivity index (χ2n) is 19.8. The summed E-state index contributed by atoms with van der Waals surface area (Å²) in [7, 11) is 0. The maximum atomic E-state index is 5.14. The van der Waals surface area contributed by atoms with Gasteiger partial charge in [0, 0.05) is 45.8 Å². The Kier molecular flexibility index (Phi) is 10.3. The van der Waals surface area contributed by atoms with Gasteiger partial charge in [-0.2, -0.15) is 0 Å². The van der Waals surface area contributed by atoms with Crippen LogP contribution in [0.25, 0.3) is 33.4 Å². The lowest BCUT2D eigenvalue weighted by Crippen LogP contribution is -2.25. The van der Waals surface area contributed by atoms with Gasteiger partial charge in [0.2, 0.25) is 0 Å². The minimum absolute atomic E-state index is 0.0358. The zero-order chi connectivity index (χ0) is 45.9. The maximum absolute atomic E-state index is 5.14. The summed E-state index contributed by atoms with van der Waals surface area (Å²) in [5.41, 5.74) is 19.5. The van der Waals surface area contributed by atoms with Crippen molar-refractivity contribution in [2.24, 2.45) is 0 Å². The van der Waals surface area contributed by atoms with Crippen LogP contribution in [0.3, 0.4) is 0 Å². The van der Waals surface area contributed by atoms with Gasteiger partial charge >= 0.3 is 0 Å². The number of para-hydroxylation sites is 4. The van der Waals surface area contributed by atoms with E-state index in [1.54, 1.807) is 0 Å². The fourth-order valence-corrected chi connectivity index (χ4v) is 9.78. The maximum Gasteiger partial charge on any atom is 0.138 e. The Hall–Kier alpha value is -7.89. The molecule has 0 amide bonds. The second kappa shape index (κ2) is 16.5. The summed E-state index contributed by atoms with van der Waals surface area (Å²) in [4.78, 5) is 14.9. The molecule has 9 aromatic rings. The van der Waals surface area contributed by atoms with Crippen molar-refractivity contribution in [3.05, 3.63) is 224 Å². The van der Waals surface area contributed by atoms with E-state index < -0.39 is 0 Å². The van der Waals surface area contributed by atoms with E-state index in [9.17, 15) is 0 Å². The van der Waals surface area contributed by atoms with E-state index in [-0.39, 0.29) is 10.8 Å². The van der Waals surface area contributed by atoms with E-state index >= 15 is 0 Å². The van der Waals surface area contributed by atoms with Gasteiger partial charge in [-0.05, 0) is 129 Å². The molecule has 5 nitrogen and oxygen atoms in total. The van der Waals surface area contributed by atoms with Crippen molar-refractivity contribution in [1.29, 1.82) is 0 Å². The van der Waals surface area contributed by atoms with Crippen molar-refractivity contribution in [3.8, 4) is 33.4 Å². The van der Waals surface area contributed by atoms with Gasteiger partial charge in [-0.1, -0.05) is 163 Å². The van der Waals surface area contributed by atoms with Gasteiger partial charge in [-0.15, -0.1) is 0 Å². The van der Waals surface area contributed by atoms with E-state index in [2.05, 4.69) is 267 Å². The van der Waals surface area contributed by atoms with Crippen LogP contribution in [0.1, 0.15) is 52.7 Å². The molecular formula is C62H55N5. The molecule has 11 rings (SSSR count). The molecule has 2 aliphatic heterocycles. The van der Waals surface area contributed by atoms with Crippen molar-refractivity contribution in [2.45, 2.75) is 52.4 Å². The van der Waals surface area contributed by atoms with Crippen LogP contribution in [0.2, 0.25) is 0 Å². The summed E-state index contributed by atoms with van der Waals surface area (Å²) in [6, 6.07) is 75.3. The van der Waals surface area contributed by atoms with Crippen LogP contribution in [-0.2, 0) is 10.8 Å². The molecule has 0 saturated heterocycles. The van der Waals surface area contributed by atoms with Gasteiger partial charge in [0.15, 0.2) is 0 Å². The highest BCUT2D eigenvalue weighted by atomic mass is 15.4. The van der Waals surface area contributed by atoms with Crippen LogP contribution in [0, 0.1) is 0 Å². The fraction of sp³-hybridized carbons (Fsp3) is 0.145. The molecule has 0 saturated carbocycles. The van der Waals surface area contributed by atoms with Crippen LogP contribution in [-0.4, -0.2) is 11.7 Å². The standard InChI is InChI=1S/C62H55N5/c1-61(2,3)45-22-19-25-48(37-45)64-42-65(58-31-18-17-30-57(58)64)50-38-46(62(4,5)6)39-51(40-50)66(47-23-11-8-12-24-47)49-32-33-55-53-27-14-13-26-52(53)54-28-15-16-29-56(54)67(59(55)41-49)60-36-44(34-35-63-60)43-20-9-7-10-21-43/h7-41H,42H2,1-6H3. The van der Waals surface area contributed by atoms with Gasteiger partial charge in [0.25, 0.3) is 0 Å². The van der Waals surface area contributed by atoms with E-state index in [1.165, 1.54) is 39.3 Å². The van der Waals surface area contributed by atoms with Crippen molar-refractivity contribution < 1.29 is 0 Å². The van der Waals surface area contributed by atoms with Crippen LogP contribution in [0.5, 0.6) is 0 Å². The molecule has 2 aliphatic rings. The van der Waals surface area contributed by atoms with Crippen molar-refractivity contribution in [1.82, 2.24) is 4.98 Å². The van der Waals surface area contributed by atoms with E-state index in [1.807, 2.05) is 6.20 Å². The average molecular weight is 870 g/mol. The molecule has 0 unspecified atom stereocenters. The van der Waals surface area contributed by atoms with Gasteiger partial charge in [-0.3, -0.25) is 4.90 Å². The van der Waals surface area contributed by atoms with Gasteiger partial charge in [-0.25, -0.2) is 4.98 Å². The Bertz CT molecular complexity index is 3270. The molecule has 8 aromatic carbocycles. The molecule has 0 atom stereocenters. The molecule has 0 spiro atoms. The number of hydrogen-bond donors (Lipinski definition) is 0. The summed E-state index contributed by atoms with van der Waals surface area (Å²) >= 11 is 0. The monoisotopic (exact) mass is 869 g/mol. The third-order valence-corrected chi connectivity index (χ3v) is 13.3. The first-order valence-electron chi connectivity index (χ1n) is 23.4. The number of fused-ring (bicyclic) bond motifs is 6. The molecule has 328 valence electrons. The Balaban J connectivity index is 1.11. The quantitative estimate of drug-likeness (QED) is 0.159. The first-order chi connectivity index (χ1) is 32.5. The summed E-state index contributed by atoms with van der Waals surface area (Å²) in [5, 5.41) is 0. The third-order valence-electron chi connectivity index (χ3n) is 13.3. The predicted molar refractivity (Wildman–Crippen MR) is 283 cm³/mol. The summed E-state index contributed by atoms with van der Waals surface area (Å²) in [6.45, 7) is 14.5. The molecule has 0 N–H and O–H groups in total. The SMILES string of the molecule is CC(C)(C)c1cccc(N2CN(c3cc(N(c4ccccc4)c4ccc5c(c4)N(c4cc(-c6ccccc6)ccn4)c4ccccc4-c4ccccc4-5)cc(C(C)(C)C)c3)c3ccccc32)c1. The van der Waals surface area contributed by atoms with Gasteiger partial charge < -0.3 is 14.7 Å². The first-order valence-corrected chi connectivity index (χ1v) is 23.4. The van der Waals surface area contributed by atoms with E-state index in [4.69, 9.17) is 4.98 Å². The molecule has 0 radical (unpaired) electrons. The zero-order valence-electron chi connectivity index (χ0n) is 39.2. The van der Waals surface area contributed by atoms with Gasteiger partial charge in [0.05, 0.1) is 22.7 Å². The molecule has 0 bridgehead atoms. The molecule has 0 aliphatic carbocycles. The normalized spacial score (nSPS) is 13.1. The topological polar surface area (TPSA) is 25.9 Å². The van der Waals surface area contributed by atoms with Crippen LogP contribution in [0.15, 0.2) is 212 Å². The van der Waals surface area contributed by atoms with Crippen LogP contribution in [0.4, 0.5) is 57.0 Å². The molecule has 5 heteroatoms. The lowest BCUT2D eigenvalue weighted by atomic mass is 9.86. The van der Waals surface area contributed by atoms with Crippen molar-refractivity contribution in [2.75, 3.05) is 26.3 Å². The van der Waals surface area contributed by atoms with Crippen LogP contribution < -0.4 is 19.6 Å². The summed E-state index contributed by atoms with van der Waals surface area (Å²) in [6.07, 6.45) is 1.94. The number of nitrogens with zero attached hydrogens (tertiary/aromatic N) is 5. The minimum Gasteiger partial charge on any atom is -0.321 e. The minimum atomic E-state index is -0.138. The summed E-state index contributed by atoms with van der Waals surface area (Å²) < 4.78 is 0. The lowest BCUT2D eigenvalue weighted by Gasteiger charge is -2.32. The summed E-state index contributed by atoms with van der Waals surface area (Å²) in [5.74, 6) is 0.855. The fourth-order valence-electron chi connectivity index (χ4n) is 9.78. The van der Waals surface area contributed by atoms with Crippen molar-refractivity contribution in [3.63, 3.8) is 0 Å². The number of rotatable bonds is 7. The first kappa shape index (κ1) is 41.8. The molecule has 1 aromatic heterocycles. The third kappa shape index (κ3) is 7.70. The second-order valence-corrected chi connectivity index (χ2v) is 19.8. The van der Waals surface area contributed by atoms with E-state index in [0.29, 0.717) is 6.67 Å². The molecular weight excluding hydrogens is 815 g/mol. The zero-order valence-corrected chi connectivity index (χ0v) is 39.2. The Morgan fingerprint density at radius 2 is 0.970 bits per heavy atom. The predicted octanol–water partition coefficient (Wildman–Crippen LogP) is 17.2. The number of benzene rings is 8. The molecule has 0 fully saturated rings. The van der Waals surface area contributed by atoms with Crippen LogP contribution >= 0.6 is 0 Å². The number of anilines is 10. The molecule has 67 heavy (non-hydrogen) atoms. The number of hydrogen-bond acceptors (Lipinski definition) is 5.